The van der Waals surface area contributed by atoms with Gasteiger partial charge in [-0.1, -0.05) is 12.1 Å². The summed E-state index contributed by atoms with van der Waals surface area (Å²) in [5.74, 6) is 0.788. The maximum atomic E-state index is 12.9. The lowest BCUT2D eigenvalue weighted by Gasteiger charge is -2.35. The standard InChI is InChI=1S/C20H25N3O2/c1-15-8-9-19(13-22-15)25-14-16-5-4-6-17(11-16)20(24)23-10-3-2-7-18(23)12-21/h4-6,8-9,11,13,18H,2-3,7,10,12,14,21H2,1H3. The van der Waals surface area contributed by atoms with E-state index in [9.17, 15) is 4.79 Å². The van der Waals surface area contributed by atoms with Gasteiger partial charge in [-0.15, -0.1) is 0 Å². The number of nitrogens with two attached hydrogens (primary N) is 1. The van der Waals surface area contributed by atoms with Gasteiger partial charge < -0.3 is 15.4 Å². The Balaban J connectivity index is 1.68. The van der Waals surface area contributed by atoms with E-state index in [-0.39, 0.29) is 11.9 Å². The van der Waals surface area contributed by atoms with Crippen molar-refractivity contribution in [3.05, 3.63) is 59.4 Å². The second kappa shape index (κ2) is 8.12. The predicted molar refractivity (Wildman–Crippen MR) is 97.5 cm³/mol. The van der Waals surface area contributed by atoms with E-state index in [0.717, 1.165) is 42.8 Å². The first-order chi connectivity index (χ1) is 12.2. The number of aryl methyl sites for hydroxylation is 1. The highest BCUT2D eigenvalue weighted by Crippen LogP contribution is 2.20. The van der Waals surface area contributed by atoms with E-state index < -0.39 is 0 Å². The molecular weight excluding hydrogens is 314 g/mol. The van der Waals surface area contributed by atoms with Crippen LogP contribution in [0.5, 0.6) is 5.75 Å². The number of hydrogen-bond acceptors (Lipinski definition) is 4. The summed E-state index contributed by atoms with van der Waals surface area (Å²) in [4.78, 5) is 19.0. The van der Waals surface area contributed by atoms with Gasteiger partial charge in [0, 0.05) is 30.4 Å². The van der Waals surface area contributed by atoms with Gasteiger partial charge in [-0.2, -0.15) is 0 Å². The Morgan fingerprint density at radius 1 is 1.32 bits per heavy atom. The third-order valence-electron chi connectivity index (χ3n) is 4.62. The van der Waals surface area contributed by atoms with Gasteiger partial charge in [0.15, 0.2) is 0 Å². The molecule has 1 amide bonds. The van der Waals surface area contributed by atoms with Crippen molar-refractivity contribution in [1.82, 2.24) is 9.88 Å². The molecule has 3 rings (SSSR count). The van der Waals surface area contributed by atoms with E-state index in [1.54, 1.807) is 6.20 Å². The maximum Gasteiger partial charge on any atom is 0.254 e. The van der Waals surface area contributed by atoms with Crippen molar-refractivity contribution in [3.8, 4) is 5.75 Å². The third-order valence-corrected chi connectivity index (χ3v) is 4.62. The topological polar surface area (TPSA) is 68.5 Å². The summed E-state index contributed by atoms with van der Waals surface area (Å²) in [7, 11) is 0. The molecule has 2 heterocycles. The molecule has 1 saturated heterocycles. The summed E-state index contributed by atoms with van der Waals surface area (Å²) in [6.07, 6.45) is 4.89. The lowest BCUT2D eigenvalue weighted by atomic mass is 10.0. The van der Waals surface area contributed by atoms with E-state index in [1.807, 2.05) is 48.2 Å². The quantitative estimate of drug-likeness (QED) is 0.909. The SMILES string of the molecule is Cc1ccc(OCc2cccc(C(=O)N3CCCCC3CN)c2)cn1. The second-order valence-corrected chi connectivity index (χ2v) is 6.51. The molecule has 5 nitrogen and oxygen atoms in total. The van der Waals surface area contributed by atoms with E-state index >= 15 is 0 Å². The number of pyridine rings is 1. The summed E-state index contributed by atoms with van der Waals surface area (Å²) in [5.41, 5.74) is 8.46. The van der Waals surface area contributed by atoms with Crippen molar-refractivity contribution in [3.63, 3.8) is 0 Å². The molecule has 2 N–H and O–H groups in total. The van der Waals surface area contributed by atoms with Crippen molar-refractivity contribution < 1.29 is 9.53 Å². The molecule has 132 valence electrons. The Morgan fingerprint density at radius 2 is 2.20 bits per heavy atom. The first-order valence-corrected chi connectivity index (χ1v) is 8.83. The first-order valence-electron chi connectivity index (χ1n) is 8.83. The Bertz CT molecular complexity index is 715. The first kappa shape index (κ1) is 17.4. The molecule has 2 aromatic rings. The number of piperidine rings is 1. The van der Waals surface area contributed by atoms with Crippen LogP contribution in [0.4, 0.5) is 0 Å². The molecular formula is C20H25N3O2. The zero-order valence-electron chi connectivity index (χ0n) is 14.6. The van der Waals surface area contributed by atoms with Crippen molar-refractivity contribution in [2.75, 3.05) is 13.1 Å². The highest BCUT2D eigenvalue weighted by Gasteiger charge is 2.26. The normalized spacial score (nSPS) is 17.4. The minimum atomic E-state index is 0.0639. The summed E-state index contributed by atoms with van der Waals surface area (Å²) >= 11 is 0. The predicted octanol–water partition coefficient (Wildman–Crippen LogP) is 2.92. The number of nitrogens with zero attached hydrogens (tertiary/aromatic N) is 2. The average molecular weight is 339 g/mol. The molecule has 0 aliphatic carbocycles. The monoisotopic (exact) mass is 339 g/mol. The Hall–Kier alpha value is -2.40. The molecule has 0 spiro atoms. The van der Waals surface area contributed by atoms with Crippen LogP contribution in [0.15, 0.2) is 42.6 Å². The smallest absolute Gasteiger partial charge is 0.254 e. The van der Waals surface area contributed by atoms with Gasteiger partial charge in [0.05, 0.1) is 6.20 Å². The van der Waals surface area contributed by atoms with Crippen LogP contribution in [0, 0.1) is 6.92 Å². The summed E-state index contributed by atoms with van der Waals surface area (Å²) < 4.78 is 5.76. The number of aromatic nitrogens is 1. The lowest BCUT2D eigenvalue weighted by molar-refractivity contribution is 0.0623. The van der Waals surface area contributed by atoms with Gasteiger partial charge in [0.1, 0.15) is 12.4 Å². The molecule has 1 atom stereocenters. The number of rotatable bonds is 5. The number of likely N-dealkylation sites (tertiary alicyclic amines) is 1. The van der Waals surface area contributed by atoms with Crippen LogP contribution >= 0.6 is 0 Å². The van der Waals surface area contributed by atoms with Gasteiger partial charge >= 0.3 is 0 Å². The molecule has 1 fully saturated rings. The van der Waals surface area contributed by atoms with E-state index in [4.69, 9.17) is 10.5 Å². The van der Waals surface area contributed by atoms with Crippen LogP contribution in [0.2, 0.25) is 0 Å². The van der Waals surface area contributed by atoms with Crippen LogP contribution in [-0.4, -0.2) is 34.9 Å². The lowest BCUT2D eigenvalue weighted by Crippen LogP contribution is -2.47. The van der Waals surface area contributed by atoms with Gasteiger partial charge in [-0.25, -0.2) is 0 Å². The van der Waals surface area contributed by atoms with Gasteiger partial charge in [-0.05, 0) is 56.0 Å². The minimum Gasteiger partial charge on any atom is -0.487 e. The van der Waals surface area contributed by atoms with Crippen LogP contribution in [0.3, 0.4) is 0 Å². The third kappa shape index (κ3) is 4.37. The molecule has 0 saturated carbocycles. The number of carbonyl (C=O) groups excluding carboxylic acids is 1. The van der Waals surface area contributed by atoms with E-state index in [2.05, 4.69) is 4.98 Å². The number of hydrogen-bond donors (Lipinski definition) is 1. The molecule has 0 bridgehead atoms. The molecule has 1 unspecified atom stereocenters. The molecule has 25 heavy (non-hydrogen) atoms. The Labute approximate surface area is 148 Å². The molecule has 0 radical (unpaired) electrons. The average Bonchev–Trinajstić information content (AvgIpc) is 2.67. The molecule has 1 aliphatic rings. The second-order valence-electron chi connectivity index (χ2n) is 6.51. The highest BCUT2D eigenvalue weighted by atomic mass is 16.5. The molecule has 1 aromatic carbocycles. The van der Waals surface area contributed by atoms with Crippen LogP contribution < -0.4 is 10.5 Å². The van der Waals surface area contributed by atoms with E-state index in [1.165, 1.54) is 0 Å². The van der Waals surface area contributed by atoms with Crippen molar-refractivity contribution in [2.45, 2.75) is 38.8 Å². The molecule has 5 heteroatoms. The van der Waals surface area contributed by atoms with E-state index in [0.29, 0.717) is 18.7 Å². The van der Waals surface area contributed by atoms with Crippen molar-refractivity contribution in [1.29, 1.82) is 0 Å². The largest absolute Gasteiger partial charge is 0.487 e. The fourth-order valence-electron chi connectivity index (χ4n) is 3.18. The Kier molecular flexibility index (Phi) is 5.66. The van der Waals surface area contributed by atoms with Gasteiger partial charge in [-0.3, -0.25) is 9.78 Å². The minimum absolute atomic E-state index is 0.0639. The Morgan fingerprint density at radius 3 is 2.96 bits per heavy atom. The number of carbonyl (C=O) groups is 1. The highest BCUT2D eigenvalue weighted by molar-refractivity contribution is 5.94. The zero-order chi connectivity index (χ0) is 17.6. The zero-order valence-corrected chi connectivity index (χ0v) is 14.6. The van der Waals surface area contributed by atoms with Crippen LogP contribution in [-0.2, 0) is 6.61 Å². The summed E-state index contributed by atoms with van der Waals surface area (Å²) in [6.45, 7) is 3.66. The van der Waals surface area contributed by atoms with Crippen LogP contribution in [0.25, 0.3) is 0 Å². The number of benzene rings is 1. The fourth-order valence-corrected chi connectivity index (χ4v) is 3.18. The number of amides is 1. The maximum absolute atomic E-state index is 12.9. The van der Waals surface area contributed by atoms with Crippen LogP contribution in [0.1, 0.15) is 40.9 Å². The van der Waals surface area contributed by atoms with Crippen molar-refractivity contribution >= 4 is 5.91 Å². The molecule has 1 aromatic heterocycles. The molecule has 1 aliphatic heterocycles. The van der Waals surface area contributed by atoms with Gasteiger partial charge in [0.25, 0.3) is 5.91 Å². The summed E-state index contributed by atoms with van der Waals surface area (Å²) in [5, 5.41) is 0. The summed E-state index contributed by atoms with van der Waals surface area (Å²) in [6, 6.07) is 11.6. The number of ether oxygens (including phenoxy) is 1. The fraction of sp³-hybridized carbons (Fsp3) is 0.400. The van der Waals surface area contributed by atoms with Crippen molar-refractivity contribution in [2.24, 2.45) is 5.73 Å². The van der Waals surface area contributed by atoms with Gasteiger partial charge in [0.2, 0.25) is 0 Å².